The third kappa shape index (κ3) is 6.61. The van der Waals surface area contributed by atoms with Crippen molar-refractivity contribution in [2.75, 3.05) is 14.2 Å². The Morgan fingerprint density at radius 1 is 1.03 bits per heavy atom. The monoisotopic (exact) mass is 448 g/mol. The highest BCUT2D eigenvalue weighted by molar-refractivity contribution is 7.89. The van der Waals surface area contributed by atoms with Crippen molar-refractivity contribution in [2.24, 2.45) is 0 Å². The molecule has 2 aromatic rings. The van der Waals surface area contributed by atoms with Crippen molar-refractivity contribution in [1.82, 2.24) is 9.79 Å². The van der Waals surface area contributed by atoms with E-state index in [1.165, 1.54) is 38.4 Å². The van der Waals surface area contributed by atoms with Crippen LogP contribution < -0.4 is 5.32 Å². The van der Waals surface area contributed by atoms with Crippen LogP contribution in [0.25, 0.3) is 0 Å². The van der Waals surface area contributed by atoms with Crippen LogP contribution in [-0.2, 0) is 24.4 Å². The second-order valence-electron chi connectivity index (χ2n) is 7.30. The fraction of sp³-hybridized carbons (Fsp3) is 0.364. The number of hydrogen-bond acceptors (Lipinski definition) is 6. The number of rotatable bonds is 9. The van der Waals surface area contributed by atoms with Gasteiger partial charge in [0.15, 0.2) is 0 Å². The summed E-state index contributed by atoms with van der Waals surface area (Å²) in [6.07, 6.45) is -0.292. The fourth-order valence-electron chi connectivity index (χ4n) is 2.80. The number of carbonyl (C=O) groups is 2. The first-order valence-electron chi connectivity index (χ1n) is 9.74. The Morgan fingerprint density at radius 2 is 1.61 bits per heavy atom. The molecule has 2 rings (SSSR count). The number of hydroxylamine groups is 1. The number of amides is 1. The predicted octanol–water partition coefficient (Wildman–Crippen LogP) is 2.99. The number of esters is 1. The lowest BCUT2D eigenvalue weighted by molar-refractivity contribution is -0.147. The highest BCUT2D eigenvalue weighted by Crippen LogP contribution is 2.21. The van der Waals surface area contributed by atoms with Gasteiger partial charge in [-0.05, 0) is 50.6 Å². The molecule has 9 heteroatoms. The topological polar surface area (TPSA) is 102 Å². The lowest BCUT2D eigenvalue weighted by atomic mass is 10.0. The third-order valence-electron chi connectivity index (χ3n) is 4.53. The van der Waals surface area contributed by atoms with Gasteiger partial charge < -0.3 is 10.1 Å². The Bertz CT molecular complexity index is 1000. The second-order valence-corrected chi connectivity index (χ2v) is 9.24. The minimum absolute atomic E-state index is 0.0102. The van der Waals surface area contributed by atoms with Crippen molar-refractivity contribution in [3.63, 3.8) is 0 Å². The average molecular weight is 449 g/mol. The number of benzene rings is 2. The summed E-state index contributed by atoms with van der Waals surface area (Å²) in [7, 11) is -1.29. The summed E-state index contributed by atoms with van der Waals surface area (Å²) >= 11 is 0. The van der Waals surface area contributed by atoms with Gasteiger partial charge in [0.25, 0.3) is 15.9 Å². The summed E-state index contributed by atoms with van der Waals surface area (Å²) in [5.74, 6) is -0.864. The zero-order chi connectivity index (χ0) is 23.2. The first-order valence-corrected chi connectivity index (χ1v) is 11.2. The van der Waals surface area contributed by atoms with Crippen molar-refractivity contribution in [1.29, 1.82) is 0 Å². The molecule has 0 aliphatic heterocycles. The maximum absolute atomic E-state index is 12.8. The van der Waals surface area contributed by atoms with Crippen molar-refractivity contribution in [3.05, 3.63) is 65.2 Å². The van der Waals surface area contributed by atoms with Crippen molar-refractivity contribution in [3.8, 4) is 0 Å². The van der Waals surface area contributed by atoms with Crippen molar-refractivity contribution >= 4 is 21.9 Å². The molecule has 0 spiro atoms. The molecule has 8 nitrogen and oxygen atoms in total. The predicted molar refractivity (Wildman–Crippen MR) is 116 cm³/mol. The number of aryl methyl sites for hydroxylation is 1. The Labute approximate surface area is 183 Å². The van der Waals surface area contributed by atoms with Gasteiger partial charge in [-0.2, -0.15) is 0 Å². The quantitative estimate of drug-likeness (QED) is 0.467. The molecule has 0 aliphatic rings. The SMILES string of the molecule is CON(C)S(=O)(=O)c1ccc(C(=O)NC(CC(=O)OC(C)C)c2ccc(C)cc2)cc1. The van der Waals surface area contributed by atoms with Crippen molar-refractivity contribution in [2.45, 2.75) is 44.2 Å². The average Bonchev–Trinajstić information content (AvgIpc) is 2.72. The van der Waals surface area contributed by atoms with Crippen molar-refractivity contribution < 1.29 is 27.6 Å². The molecule has 0 saturated carbocycles. The smallest absolute Gasteiger partial charge is 0.308 e. The fourth-order valence-corrected chi connectivity index (χ4v) is 3.77. The molecule has 1 N–H and O–H groups in total. The van der Waals surface area contributed by atoms with E-state index in [-0.39, 0.29) is 23.0 Å². The van der Waals surface area contributed by atoms with E-state index >= 15 is 0 Å². The number of ether oxygens (including phenoxy) is 1. The second kappa shape index (κ2) is 10.5. The normalized spacial score (nSPS) is 12.6. The van der Waals surface area contributed by atoms with E-state index in [2.05, 4.69) is 5.32 Å². The van der Waals surface area contributed by atoms with Gasteiger partial charge in [0, 0.05) is 12.6 Å². The lowest BCUT2D eigenvalue weighted by Gasteiger charge is -2.20. The molecule has 1 atom stereocenters. The van der Waals surface area contributed by atoms with Gasteiger partial charge in [0.2, 0.25) is 0 Å². The summed E-state index contributed by atoms with van der Waals surface area (Å²) in [6.45, 7) is 5.46. The van der Waals surface area contributed by atoms with Gasteiger partial charge in [-0.25, -0.2) is 8.42 Å². The van der Waals surface area contributed by atoms with Gasteiger partial charge >= 0.3 is 5.97 Å². The van der Waals surface area contributed by atoms with E-state index in [1.54, 1.807) is 13.8 Å². The van der Waals surface area contributed by atoms with Gasteiger partial charge in [-0.15, -0.1) is 0 Å². The summed E-state index contributed by atoms with van der Waals surface area (Å²) in [6, 6.07) is 12.4. The maximum atomic E-state index is 12.8. The zero-order valence-corrected chi connectivity index (χ0v) is 19.1. The molecular weight excluding hydrogens is 420 g/mol. The van der Waals surface area contributed by atoms with E-state index < -0.39 is 27.9 Å². The van der Waals surface area contributed by atoms with E-state index in [4.69, 9.17) is 9.57 Å². The largest absolute Gasteiger partial charge is 0.463 e. The third-order valence-corrected chi connectivity index (χ3v) is 6.23. The molecule has 31 heavy (non-hydrogen) atoms. The van der Waals surface area contributed by atoms with Gasteiger partial charge in [-0.3, -0.25) is 14.4 Å². The molecule has 0 aliphatic carbocycles. The molecule has 1 amide bonds. The maximum Gasteiger partial charge on any atom is 0.308 e. The number of nitrogens with one attached hydrogen (secondary N) is 1. The first kappa shape index (κ1) is 24.5. The molecule has 0 radical (unpaired) electrons. The van der Waals surface area contributed by atoms with E-state index in [0.717, 1.165) is 15.6 Å². The number of carbonyl (C=O) groups excluding carboxylic acids is 2. The van der Waals surface area contributed by atoms with Crippen LogP contribution in [-0.4, -0.2) is 45.0 Å². The van der Waals surface area contributed by atoms with Crippen LogP contribution in [0.1, 0.15) is 47.8 Å². The van der Waals surface area contributed by atoms with Crippen LogP contribution in [0.2, 0.25) is 0 Å². The summed E-state index contributed by atoms with van der Waals surface area (Å²) < 4.78 is 30.5. The van der Waals surface area contributed by atoms with Gasteiger partial charge in [-0.1, -0.05) is 34.3 Å². The molecule has 0 aromatic heterocycles. The molecule has 168 valence electrons. The Balaban J connectivity index is 2.22. The Morgan fingerprint density at radius 3 is 2.13 bits per heavy atom. The summed E-state index contributed by atoms with van der Waals surface area (Å²) in [5.41, 5.74) is 2.07. The van der Waals surface area contributed by atoms with Crippen LogP contribution >= 0.6 is 0 Å². The van der Waals surface area contributed by atoms with E-state index in [1.807, 2.05) is 31.2 Å². The number of sulfonamides is 1. The minimum atomic E-state index is -3.81. The summed E-state index contributed by atoms with van der Waals surface area (Å²) in [4.78, 5) is 29.7. The van der Waals surface area contributed by atoms with Crippen LogP contribution in [0, 0.1) is 6.92 Å². The molecule has 2 aromatic carbocycles. The Kier molecular flexibility index (Phi) is 8.32. The molecule has 0 fully saturated rings. The molecule has 0 saturated heterocycles. The van der Waals surface area contributed by atoms with Crippen LogP contribution in [0.5, 0.6) is 0 Å². The molecule has 0 bridgehead atoms. The molecular formula is C22H28N2O6S. The van der Waals surface area contributed by atoms with Crippen LogP contribution in [0.3, 0.4) is 0 Å². The lowest BCUT2D eigenvalue weighted by Crippen LogP contribution is -2.31. The first-order chi connectivity index (χ1) is 14.5. The van der Waals surface area contributed by atoms with Gasteiger partial charge in [0.05, 0.1) is 30.6 Å². The van der Waals surface area contributed by atoms with E-state index in [9.17, 15) is 18.0 Å². The molecule has 0 heterocycles. The standard InChI is InChI=1S/C22H28N2O6S/c1-15(2)30-21(25)14-20(17-8-6-16(3)7-9-17)23-22(26)18-10-12-19(13-11-18)31(27,28)24(4)29-5/h6-13,15,20H,14H2,1-5H3,(H,23,26). The summed E-state index contributed by atoms with van der Waals surface area (Å²) in [5, 5.41) is 2.84. The van der Waals surface area contributed by atoms with Crippen LogP contribution in [0.15, 0.2) is 53.4 Å². The number of hydrogen-bond donors (Lipinski definition) is 1. The van der Waals surface area contributed by atoms with E-state index in [0.29, 0.717) is 0 Å². The number of nitrogens with zero attached hydrogens (tertiary/aromatic N) is 1. The van der Waals surface area contributed by atoms with Crippen LogP contribution in [0.4, 0.5) is 0 Å². The minimum Gasteiger partial charge on any atom is -0.463 e. The molecule has 1 unspecified atom stereocenters. The highest BCUT2D eigenvalue weighted by atomic mass is 32.2. The zero-order valence-electron chi connectivity index (χ0n) is 18.3. The highest BCUT2D eigenvalue weighted by Gasteiger charge is 2.23. The Hall–Kier alpha value is -2.75. The van der Waals surface area contributed by atoms with Gasteiger partial charge in [0.1, 0.15) is 0 Å².